The standard InChI is InChI=1S/C21H21N3O3/c1-14-7-8-18(9-15(14)2)24-20(25)13-27-19-6-4-5-16(11-19)10-17(12-22)21(26)23-3/h4-11H,13H2,1-3H3,(H,23,26)(H,24,25)/b17-10-. The summed E-state index contributed by atoms with van der Waals surface area (Å²) in [6.45, 7) is 3.84. The second-order valence-electron chi connectivity index (χ2n) is 5.96. The molecule has 0 atom stereocenters. The minimum absolute atomic E-state index is 0.0119. The molecule has 2 amide bonds. The highest BCUT2D eigenvalue weighted by Crippen LogP contribution is 2.17. The monoisotopic (exact) mass is 363 g/mol. The van der Waals surface area contributed by atoms with Crippen molar-refractivity contribution in [1.29, 1.82) is 5.26 Å². The molecule has 2 aromatic carbocycles. The van der Waals surface area contributed by atoms with Gasteiger partial charge in [-0.05, 0) is 60.9 Å². The number of nitriles is 1. The Kier molecular flexibility index (Phi) is 6.73. The first-order valence-corrected chi connectivity index (χ1v) is 8.36. The minimum Gasteiger partial charge on any atom is -0.484 e. The molecule has 0 aliphatic heterocycles. The van der Waals surface area contributed by atoms with E-state index in [2.05, 4.69) is 10.6 Å². The maximum absolute atomic E-state index is 12.1. The number of amides is 2. The molecule has 0 aromatic heterocycles. The summed E-state index contributed by atoms with van der Waals surface area (Å²) in [6.07, 6.45) is 1.46. The highest BCUT2D eigenvalue weighted by molar-refractivity contribution is 6.01. The van der Waals surface area contributed by atoms with Gasteiger partial charge < -0.3 is 15.4 Å². The zero-order chi connectivity index (χ0) is 19.8. The molecule has 2 N–H and O–H groups in total. The number of likely N-dealkylation sites (N-methyl/N-ethyl adjacent to an activating group) is 1. The Labute approximate surface area is 158 Å². The first-order chi connectivity index (χ1) is 12.9. The van der Waals surface area contributed by atoms with E-state index in [0.29, 0.717) is 17.0 Å². The molecule has 0 saturated heterocycles. The average molecular weight is 363 g/mol. The molecular formula is C21H21N3O3. The highest BCUT2D eigenvalue weighted by atomic mass is 16.5. The Bertz CT molecular complexity index is 927. The van der Waals surface area contributed by atoms with Crippen molar-refractivity contribution < 1.29 is 14.3 Å². The zero-order valence-corrected chi connectivity index (χ0v) is 15.5. The molecule has 0 unspecified atom stereocenters. The number of rotatable bonds is 6. The van der Waals surface area contributed by atoms with Gasteiger partial charge in [0.2, 0.25) is 0 Å². The van der Waals surface area contributed by atoms with Gasteiger partial charge in [0.25, 0.3) is 11.8 Å². The van der Waals surface area contributed by atoms with Crippen molar-refractivity contribution >= 4 is 23.6 Å². The van der Waals surface area contributed by atoms with Crippen LogP contribution in [0.4, 0.5) is 5.69 Å². The molecule has 6 heteroatoms. The van der Waals surface area contributed by atoms with Gasteiger partial charge in [0.1, 0.15) is 17.4 Å². The number of aryl methyl sites for hydroxylation is 2. The Morgan fingerprint density at radius 1 is 1.15 bits per heavy atom. The fraction of sp³-hybridized carbons (Fsp3) is 0.190. The summed E-state index contributed by atoms with van der Waals surface area (Å²) in [4.78, 5) is 23.7. The lowest BCUT2D eigenvalue weighted by Crippen LogP contribution is -2.20. The van der Waals surface area contributed by atoms with E-state index in [4.69, 9.17) is 10.00 Å². The van der Waals surface area contributed by atoms with Gasteiger partial charge >= 0.3 is 0 Å². The minimum atomic E-state index is -0.461. The van der Waals surface area contributed by atoms with E-state index in [1.807, 2.05) is 38.1 Å². The maximum atomic E-state index is 12.1. The summed E-state index contributed by atoms with van der Waals surface area (Å²) >= 11 is 0. The van der Waals surface area contributed by atoms with Crippen molar-refractivity contribution in [2.45, 2.75) is 13.8 Å². The third-order valence-electron chi connectivity index (χ3n) is 3.92. The predicted octanol–water partition coefficient (Wildman–Crippen LogP) is 2.97. The zero-order valence-electron chi connectivity index (χ0n) is 15.5. The van der Waals surface area contributed by atoms with E-state index in [0.717, 1.165) is 11.1 Å². The van der Waals surface area contributed by atoms with E-state index in [-0.39, 0.29) is 18.1 Å². The van der Waals surface area contributed by atoms with Gasteiger partial charge in [0.05, 0.1) is 0 Å². The molecule has 2 aromatic rings. The number of hydrogen-bond acceptors (Lipinski definition) is 4. The highest BCUT2D eigenvalue weighted by Gasteiger charge is 2.08. The number of ether oxygens (including phenoxy) is 1. The van der Waals surface area contributed by atoms with Crippen LogP contribution in [0.5, 0.6) is 5.75 Å². The Balaban J connectivity index is 2.00. The van der Waals surface area contributed by atoms with Crippen LogP contribution in [0.15, 0.2) is 48.0 Å². The van der Waals surface area contributed by atoms with Crippen LogP contribution >= 0.6 is 0 Å². The number of hydrogen-bond donors (Lipinski definition) is 2. The van der Waals surface area contributed by atoms with Crippen LogP contribution in [-0.4, -0.2) is 25.5 Å². The molecule has 0 aliphatic rings. The normalized spacial score (nSPS) is 10.7. The van der Waals surface area contributed by atoms with Gasteiger partial charge in [-0.1, -0.05) is 18.2 Å². The molecule has 0 fully saturated rings. The summed E-state index contributed by atoms with van der Waals surface area (Å²) in [5.41, 5.74) is 3.58. The largest absolute Gasteiger partial charge is 0.484 e. The Morgan fingerprint density at radius 3 is 2.59 bits per heavy atom. The van der Waals surface area contributed by atoms with E-state index >= 15 is 0 Å². The second-order valence-corrected chi connectivity index (χ2v) is 5.96. The maximum Gasteiger partial charge on any atom is 0.262 e. The van der Waals surface area contributed by atoms with Gasteiger partial charge in [-0.15, -0.1) is 0 Å². The van der Waals surface area contributed by atoms with E-state index in [1.54, 1.807) is 24.3 Å². The number of nitrogens with zero attached hydrogens (tertiary/aromatic N) is 1. The molecule has 0 heterocycles. The van der Waals surface area contributed by atoms with Crippen molar-refractivity contribution in [3.8, 4) is 11.8 Å². The van der Waals surface area contributed by atoms with Crippen LogP contribution in [0.1, 0.15) is 16.7 Å². The number of anilines is 1. The molecule has 27 heavy (non-hydrogen) atoms. The van der Waals surface area contributed by atoms with Crippen LogP contribution in [0.3, 0.4) is 0 Å². The third-order valence-corrected chi connectivity index (χ3v) is 3.92. The lowest BCUT2D eigenvalue weighted by atomic mass is 10.1. The van der Waals surface area contributed by atoms with E-state index < -0.39 is 5.91 Å². The number of carbonyl (C=O) groups is 2. The summed E-state index contributed by atoms with van der Waals surface area (Å²) < 4.78 is 5.51. The summed E-state index contributed by atoms with van der Waals surface area (Å²) in [5.74, 6) is -0.271. The van der Waals surface area contributed by atoms with Crippen molar-refractivity contribution in [2.24, 2.45) is 0 Å². The van der Waals surface area contributed by atoms with Crippen molar-refractivity contribution in [3.63, 3.8) is 0 Å². The lowest BCUT2D eigenvalue weighted by molar-refractivity contribution is -0.118. The average Bonchev–Trinajstić information content (AvgIpc) is 2.67. The topological polar surface area (TPSA) is 91.2 Å². The van der Waals surface area contributed by atoms with Crippen LogP contribution < -0.4 is 15.4 Å². The van der Waals surface area contributed by atoms with Gasteiger partial charge in [0.15, 0.2) is 6.61 Å². The van der Waals surface area contributed by atoms with Crippen LogP contribution in [0.25, 0.3) is 6.08 Å². The molecule has 6 nitrogen and oxygen atoms in total. The van der Waals surface area contributed by atoms with E-state index in [1.165, 1.54) is 13.1 Å². The fourth-order valence-corrected chi connectivity index (χ4v) is 2.31. The first kappa shape index (κ1) is 19.7. The molecule has 0 bridgehead atoms. The smallest absolute Gasteiger partial charge is 0.262 e. The molecule has 2 rings (SSSR count). The quantitative estimate of drug-likeness (QED) is 0.610. The van der Waals surface area contributed by atoms with Crippen LogP contribution in [0, 0.1) is 25.2 Å². The summed E-state index contributed by atoms with van der Waals surface area (Å²) in [5, 5.41) is 14.2. The van der Waals surface area contributed by atoms with Gasteiger partial charge in [-0.25, -0.2) is 0 Å². The van der Waals surface area contributed by atoms with Gasteiger partial charge in [-0.3, -0.25) is 9.59 Å². The number of nitrogens with one attached hydrogen (secondary N) is 2. The molecule has 0 spiro atoms. The SMILES string of the molecule is CNC(=O)/C(C#N)=C\c1cccc(OCC(=O)Nc2ccc(C)c(C)c2)c1. The predicted molar refractivity (Wildman–Crippen MR) is 104 cm³/mol. The van der Waals surface area contributed by atoms with Crippen molar-refractivity contribution in [1.82, 2.24) is 5.32 Å². The van der Waals surface area contributed by atoms with Crippen molar-refractivity contribution in [2.75, 3.05) is 19.0 Å². The third kappa shape index (κ3) is 5.72. The number of carbonyl (C=O) groups excluding carboxylic acids is 2. The summed E-state index contributed by atoms with van der Waals surface area (Å²) in [6, 6.07) is 14.4. The molecule has 0 radical (unpaired) electrons. The Hall–Kier alpha value is -3.59. The number of benzene rings is 2. The molecular weight excluding hydrogens is 342 g/mol. The van der Waals surface area contributed by atoms with Crippen molar-refractivity contribution in [3.05, 3.63) is 64.7 Å². The summed E-state index contributed by atoms with van der Waals surface area (Å²) in [7, 11) is 1.46. The van der Waals surface area contributed by atoms with Crippen LogP contribution in [-0.2, 0) is 9.59 Å². The Morgan fingerprint density at radius 2 is 1.93 bits per heavy atom. The molecule has 0 aliphatic carbocycles. The molecule has 0 saturated carbocycles. The molecule has 138 valence electrons. The lowest BCUT2D eigenvalue weighted by Gasteiger charge is -2.09. The second kappa shape index (κ2) is 9.20. The van der Waals surface area contributed by atoms with Crippen LogP contribution in [0.2, 0.25) is 0 Å². The fourth-order valence-electron chi connectivity index (χ4n) is 2.31. The first-order valence-electron chi connectivity index (χ1n) is 8.36. The van der Waals surface area contributed by atoms with Gasteiger partial charge in [-0.2, -0.15) is 5.26 Å². The van der Waals surface area contributed by atoms with E-state index in [9.17, 15) is 9.59 Å². The van der Waals surface area contributed by atoms with Gasteiger partial charge in [0, 0.05) is 12.7 Å².